The summed E-state index contributed by atoms with van der Waals surface area (Å²) in [5.41, 5.74) is 6.81. The van der Waals surface area contributed by atoms with Gasteiger partial charge in [0, 0.05) is 11.3 Å². The highest BCUT2D eigenvalue weighted by atomic mass is 32.2. The SMILES string of the molecule is Cc1ccc(F)cc1S(=O)(=O)Nc1cccc(C(N)=S)c1. The van der Waals surface area contributed by atoms with Crippen LogP contribution >= 0.6 is 12.2 Å². The topological polar surface area (TPSA) is 72.2 Å². The number of hydrogen-bond donors (Lipinski definition) is 2. The van der Waals surface area contributed by atoms with E-state index in [1.54, 1.807) is 25.1 Å². The Morgan fingerprint density at radius 1 is 1.24 bits per heavy atom. The van der Waals surface area contributed by atoms with Crippen LogP contribution in [0.1, 0.15) is 11.1 Å². The van der Waals surface area contributed by atoms with Crippen molar-refractivity contribution in [3.8, 4) is 0 Å². The third-order valence-corrected chi connectivity index (χ3v) is 4.60. The van der Waals surface area contributed by atoms with Crippen molar-refractivity contribution in [2.75, 3.05) is 4.72 Å². The van der Waals surface area contributed by atoms with Gasteiger partial charge in [-0.15, -0.1) is 0 Å². The van der Waals surface area contributed by atoms with E-state index in [4.69, 9.17) is 18.0 Å². The lowest BCUT2D eigenvalue weighted by Crippen LogP contribution is -2.15. The monoisotopic (exact) mass is 324 g/mol. The van der Waals surface area contributed by atoms with Gasteiger partial charge in [-0.2, -0.15) is 0 Å². The smallest absolute Gasteiger partial charge is 0.262 e. The van der Waals surface area contributed by atoms with Crippen LogP contribution in [-0.4, -0.2) is 13.4 Å². The lowest BCUT2D eigenvalue weighted by atomic mass is 10.2. The molecule has 0 saturated heterocycles. The molecule has 0 aliphatic heterocycles. The summed E-state index contributed by atoms with van der Waals surface area (Å²) in [7, 11) is -3.88. The number of rotatable bonds is 4. The predicted molar refractivity (Wildman–Crippen MR) is 84.3 cm³/mol. The molecule has 7 heteroatoms. The normalized spacial score (nSPS) is 11.1. The number of anilines is 1. The first-order chi connectivity index (χ1) is 9.79. The summed E-state index contributed by atoms with van der Waals surface area (Å²) in [6.45, 7) is 1.60. The molecule has 2 aromatic rings. The molecule has 2 aromatic carbocycles. The number of halogens is 1. The standard InChI is InChI=1S/C14H13FN2O2S2/c1-9-5-6-11(15)8-13(9)21(18,19)17-12-4-2-3-10(7-12)14(16)20/h2-8,17H,1H3,(H2,16,20). The summed E-state index contributed by atoms with van der Waals surface area (Å²) in [5.74, 6) is -0.613. The van der Waals surface area contributed by atoms with Crippen LogP contribution in [0.2, 0.25) is 0 Å². The Labute approximate surface area is 127 Å². The molecule has 4 nitrogen and oxygen atoms in total. The summed E-state index contributed by atoms with van der Waals surface area (Å²) in [4.78, 5) is 0.0567. The minimum atomic E-state index is -3.88. The van der Waals surface area contributed by atoms with Crippen molar-refractivity contribution in [3.05, 3.63) is 59.4 Å². The summed E-state index contributed by atoms with van der Waals surface area (Å²) in [6.07, 6.45) is 0. The molecule has 0 aliphatic carbocycles. The molecule has 110 valence electrons. The molecule has 0 atom stereocenters. The molecule has 0 aromatic heterocycles. The van der Waals surface area contributed by atoms with Crippen LogP contribution in [0.15, 0.2) is 47.4 Å². The van der Waals surface area contributed by atoms with Gasteiger partial charge in [0.15, 0.2) is 0 Å². The molecule has 0 bridgehead atoms. The van der Waals surface area contributed by atoms with Crippen molar-refractivity contribution in [2.45, 2.75) is 11.8 Å². The predicted octanol–water partition coefficient (Wildman–Crippen LogP) is 2.57. The summed E-state index contributed by atoms with van der Waals surface area (Å²) >= 11 is 4.85. The third kappa shape index (κ3) is 3.56. The molecule has 2 rings (SSSR count). The summed E-state index contributed by atoms with van der Waals surface area (Å²) in [5, 5.41) is 0. The maximum absolute atomic E-state index is 13.3. The number of nitrogens with two attached hydrogens (primary N) is 1. The number of nitrogens with one attached hydrogen (secondary N) is 1. The van der Waals surface area contributed by atoms with Crippen molar-refractivity contribution in [2.24, 2.45) is 5.73 Å². The maximum Gasteiger partial charge on any atom is 0.262 e. The average Bonchev–Trinajstić information content (AvgIpc) is 2.41. The van der Waals surface area contributed by atoms with Crippen molar-refractivity contribution < 1.29 is 12.8 Å². The largest absolute Gasteiger partial charge is 0.389 e. The second kappa shape index (κ2) is 5.79. The van der Waals surface area contributed by atoms with Gasteiger partial charge in [0.05, 0.1) is 4.90 Å². The van der Waals surface area contributed by atoms with Crippen LogP contribution in [0.5, 0.6) is 0 Å². The number of hydrogen-bond acceptors (Lipinski definition) is 3. The molecule has 3 N–H and O–H groups in total. The van der Waals surface area contributed by atoms with Gasteiger partial charge in [0.1, 0.15) is 10.8 Å². The van der Waals surface area contributed by atoms with Crippen LogP contribution in [-0.2, 0) is 10.0 Å². The highest BCUT2D eigenvalue weighted by Gasteiger charge is 2.18. The molecule has 0 unspecified atom stereocenters. The zero-order valence-corrected chi connectivity index (χ0v) is 12.8. The van der Waals surface area contributed by atoms with Crippen LogP contribution in [0, 0.1) is 12.7 Å². The van der Waals surface area contributed by atoms with E-state index in [1.807, 2.05) is 0 Å². The van der Waals surface area contributed by atoms with Gasteiger partial charge in [0.2, 0.25) is 0 Å². The van der Waals surface area contributed by atoms with Crippen LogP contribution < -0.4 is 10.5 Å². The minimum absolute atomic E-state index is 0.108. The number of benzene rings is 2. The van der Waals surface area contributed by atoms with Crippen LogP contribution in [0.3, 0.4) is 0 Å². The van der Waals surface area contributed by atoms with E-state index < -0.39 is 15.8 Å². The molecular weight excluding hydrogens is 311 g/mol. The third-order valence-electron chi connectivity index (χ3n) is 2.84. The quantitative estimate of drug-likeness (QED) is 0.848. The highest BCUT2D eigenvalue weighted by Crippen LogP contribution is 2.21. The first-order valence-electron chi connectivity index (χ1n) is 5.98. The zero-order valence-electron chi connectivity index (χ0n) is 11.1. The first kappa shape index (κ1) is 15.4. The van der Waals surface area contributed by atoms with E-state index in [9.17, 15) is 12.8 Å². The van der Waals surface area contributed by atoms with Gasteiger partial charge in [-0.1, -0.05) is 30.4 Å². The summed E-state index contributed by atoms with van der Waals surface area (Å²) in [6, 6.07) is 9.99. The van der Waals surface area contributed by atoms with E-state index in [2.05, 4.69) is 4.72 Å². The number of sulfonamides is 1. The van der Waals surface area contributed by atoms with Crippen LogP contribution in [0.25, 0.3) is 0 Å². The van der Waals surface area contributed by atoms with Crippen LogP contribution in [0.4, 0.5) is 10.1 Å². The van der Waals surface area contributed by atoms with Gasteiger partial charge >= 0.3 is 0 Å². The van der Waals surface area contributed by atoms with E-state index >= 15 is 0 Å². The molecule has 0 spiro atoms. The number of aryl methyl sites for hydroxylation is 1. The highest BCUT2D eigenvalue weighted by molar-refractivity contribution is 7.92. The fourth-order valence-electron chi connectivity index (χ4n) is 1.81. The Morgan fingerprint density at radius 3 is 2.62 bits per heavy atom. The van der Waals surface area contributed by atoms with Crippen molar-refractivity contribution in [1.82, 2.24) is 0 Å². The molecule has 0 aliphatic rings. The van der Waals surface area contributed by atoms with E-state index in [0.717, 1.165) is 6.07 Å². The lowest BCUT2D eigenvalue weighted by molar-refractivity contribution is 0.594. The van der Waals surface area contributed by atoms with Gasteiger partial charge < -0.3 is 5.73 Å². The van der Waals surface area contributed by atoms with Gasteiger partial charge in [-0.05, 0) is 36.8 Å². The molecule has 0 amide bonds. The second-order valence-corrected chi connectivity index (χ2v) is 6.55. The number of thiocarbonyl (C=S) groups is 1. The van der Waals surface area contributed by atoms with Gasteiger partial charge in [-0.3, -0.25) is 4.72 Å². The molecular formula is C14H13FN2O2S2. The van der Waals surface area contributed by atoms with Gasteiger partial charge in [0.25, 0.3) is 10.0 Å². The van der Waals surface area contributed by atoms with E-state index in [-0.39, 0.29) is 9.88 Å². The van der Waals surface area contributed by atoms with Crippen molar-refractivity contribution in [3.63, 3.8) is 0 Å². The second-order valence-electron chi connectivity index (χ2n) is 4.46. The molecule has 21 heavy (non-hydrogen) atoms. The Balaban J connectivity index is 2.40. The Hall–Kier alpha value is -1.99. The maximum atomic E-state index is 13.3. The Morgan fingerprint density at radius 2 is 1.95 bits per heavy atom. The molecule has 0 radical (unpaired) electrons. The fraction of sp³-hybridized carbons (Fsp3) is 0.0714. The van der Waals surface area contributed by atoms with Crippen molar-refractivity contribution in [1.29, 1.82) is 0 Å². The lowest BCUT2D eigenvalue weighted by Gasteiger charge is -2.11. The minimum Gasteiger partial charge on any atom is -0.389 e. The molecule has 0 saturated carbocycles. The van der Waals surface area contributed by atoms with Gasteiger partial charge in [-0.25, -0.2) is 12.8 Å². The van der Waals surface area contributed by atoms with Crippen molar-refractivity contribution >= 4 is 32.9 Å². The average molecular weight is 324 g/mol. The Bertz CT molecular complexity index is 804. The molecule has 0 fully saturated rings. The fourth-order valence-corrected chi connectivity index (χ4v) is 3.24. The van der Waals surface area contributed by atoms with E-state index in [1.165, 1.54) is 18.2 Å². The summed E-state index contributed by atoms with van der Waals surface area (Å²) < 4.78 is 40.3. The zero-order chi connectivity index (χ0) is 15.6. The van der Waals surface area contributed by atoms with E-state index in [0.29, 0.717) is 16.8 Å². The Kier molecular flexibility index (Phi) is 4.24. The molecule has 0 heterocycles. The first-order valence-corrected chi connectivity index (χ1v) is 7.87.